The van der Waals surface area contributed by atoms with Gasteiger partial charge in [0.15, 0.2) is 0 Å². The summed E-state index contributed by atoms with van der Waals surface area (Å²) in [6.45, 7) is 3.84. The Morgan fingerprint density at radius 2 is 2.21 bits per heavy atom. The molecule has 0 spiro atoms. The normalized spacial score (nSPS) is 11.1. The summed E-state index contributed by atoms with van der Waals surface area (Å²) in [7, 11) is 0. The van der Waals surface area contributed by atoms with Gasteiger partial charge in [0.05, 0.1) is 19.6 Å². The van der Waals surface area contributed by atoms with Gasteiger partial charge in [0.25, 0.3) is 0 Å². The van der Waals surface area contributed by atoms with Gasteiger partial charge < -0.3 is 4.90 Å². The zero-order chi connectivity index (χ0) is 13.2. The fourth-order valence-electron chi connectivity index (χ4n) is 1.87. The summed E-state index contributed by atoms with van der Waals surface area (Å²) >= 11 is 5.75. The first-order chi connectivity index (χ1) is 9.28. The number of thiazole rings is 1. The first-order valence-corrected chi connectivity index (χ1v) is 8.58. The molecular weight excluding hydrogens is 391 g/mol. The lowest BCUT2D eigenvalue weighted by atomic mass is 10.4. The summed E-state index contributed by atoms with van der Waals surface area (Å²) < 4.78 is 2.39. The maximum absolute atomic E-state index is 4.47. The first-order valence-electron chi connectivity index (χ1n) is 5.81. The highest BCUT2D eigenvalue weighted by Gasteiger charge is 2.14. The monoisotopic (exact) mass is 402 g/mol. The average Bonchev–Trinajstić information content (AvgIpc) is 3.03. The van der Waals surface area contributed by atoms with Crippen molar-refractivity contribution in [1.82, 2.24) is 15.0 Å². The Bertz CT molecular complexity index is 680. The van der Waals surface area contributed by atoms with E-state index in [1.54, 1.807) is 29.0 Å². The molecule has 0 N–H and O–H groups in total. The van der Waals surface area contributed by atoms with Gasteiger partial charge in [-0.15, -0.1) is 22.7 Å². The van der Waals surface area contributed by atoms with E-state index < -0.39 is 0 Å². The molecule has 0 fully saturated rings. The quantitative estimate of drug-likeness (QED) is 0.623. The Balaban J connectivity index is 2.01. The molecule has 98 valence electrons. The molecule has 0 bridgehead atoms. The number of hydrogen-bond acceptors (Lipinski definition) is 6. The maximum Gasteiger partial charge on any atom is 0.150 e. The van der Waals surface area contributed by atoms with Crippen molar-refractivity contribution >= 4 is 61.3 Å². The highest BCUT2D eigenvalue weighted by molar-refractivity contribution is 14.1. The maximum atomic E-state index is 4.47. The van der Waals surface area contributed by atoms with Crippen LogP contribution in [0.2, 0.25) is 0 Å². The Kier molecular flexibility index (Phi) is 3.94. The molecule has 0 aromatic carbocycles. The van der Waals surface area contributed by atoms with Crippen molar-refractivity contribution in [2.24, 2.45) is 0 Å². The molecular formula is C12H11IN4S2. The van der Waals surface area contributed by atoms with Crippen LogP contribution in [0.5, 0.6) is 0 Å². The van der Waals surface area contributed by atoms with Crippen LogP contribution in [-0.2, 0) is 6.54 Å². The van der Waals surface area contributed by atoms with Crippen LogP contribution in [0.1, 0.15) is 11.9 Å². The SMILES string of the molecule is CCN(Cc1nccs1)c1ncnc2cc(I)sc12. The zero-order valence-corrected chi connectivity index (χ0v) is 14.0. The Morgan fingerprint density at radius 3 is 2.95 bits per heavy atom. The molecule has 3 aromatic heterocycles. The number of halogens is 1. The van der Waals surface area contributed by atoms with Crippen molar-refractivity contribution in [3.63, 3.8) is 0 Å². The van der Waals surface area contributed by atoms with E-state index in [0.29, 0.717) is 0 Å². The van der Waals surface area contributed by atoms with Crippen LogP contribution >= 0.6 is 45.3 Å². The predicted octanol–water partition coefficient (Wildman–Crippen LogP) is 3.78. The second-order valence-electron chi connectivity index (χ2n) is 3.90. The van der Waals surface area contributed by atoms with E-state index in [4.69, 9.17) is 0 Å². The zero-order valence-electron chi connectivity index (χ0n) is 10.2. The summed E-state index contributed by atoms with van der Waals surface area (Å²) in [4.78, 5) is 15.4. The lowest BCUT2D eigenvalue weighted by Crippen LogP contribution is -2.23. The minimum atomic E-state index is 0.800. The molecule has 0 aliphatic heterocycles. The van der Waals surface area contributed by atoms with Crippen molar-refractivity contribution < 1.29 is 0 Å². The molecule has 3 aromatic rings. The van der Waals surface area contributed by atoms with Gasteiger partial charge in [-0.25, -0.2) is 15.0 Å². The highest BCUT2D eigenvalue weighted by Crippen LogP contribution is 2.32. The molecule has 4 nitrogen and oxygen atoms in total. The second-order valence-corrected chi connectivity index (χ2v) is 7.83. The molecule has 0 aliphatic carbocycles. The third-order valence-corrected chi connectivity index (χ3v) is 5.40. The van der Waals surface area contributed by atoms with Crippen molar-refractivity contribution in [3.05, 3.63) is 31.9 Å². The van der Waals surface area contributed by atoms with Gasteiger partial charge >= 0.3 is 0 Å². The van der Waals surface area contributed by atoms with Crippen LogP contribution in [-0.4, -0.2) is 21.5 Å². The van der Waals surface area contributed by atoms with Crippen LogP contribution in [0.25, 0.3) is 10.2 Å². The third kappa shape index (κ3) is 2.72. The molecule has 3 rings (SSSR count). The van der Waals surface area contributed by atoms with Gasteiger partial charge in [0, 0.05) is 18.1 Å². The van der Waals surface area contributed by atoms with E-state index in [-0.39, 0.29) is 0 Å². The third-order valence-electron chi connectivity index (χ3n) is 2.75. The number of anilines is 1. The molecule has 19 heavy (non-hydrogen) atoms. The van der Waals surface area contributed by atoms with E-state index in [1.165, 1.54) is 2.88 Å². The van der Waals surface area contributed by atoms with Gasteiger partial charge in [-0.2, -0.15) is 0 Å². The van der Waals surface area contributed by atoms with Gasteiger partial charge in [0.1, 0.15) is 17.2 Å². The minimum absolute atomic E-state index is 0.800. The number of thiophene rings is 1. The fraction of sp³-hybridized carbons (Fsp3) is 0.250. The molecule has 0 atom stereocenters. The second kappa shape index (κ2) is 5.68. The molecule has 0 unspecified atom stereocenters. The number of aromatic nitrogens is 3. The fourth-order valence-corrected chi connectivity index (χ4v) is 4.31. The van der Waals surface area contributed by atoms with Gasteiger partial charge in [-0.1, -0.05) is 0 Å². The average molecular weight is 402 g/mol. The van der Waals surface area contributed by atoms with Crippen LogP contribution in [0.4, 0.5) is 5.82 Å². The van der Waals surface area contributed by atoms with E-state index >= 15 is 0 Å². The van der Waals surface area contributed by atoms with Crippen molar-refractivity contribution in [1.29, 1.82) is 0 Å². The first kappa shape index (κ1) is 13.2. The van der Waals surface area contributed by atoms with Gasteiger partial charge in [-0.3, -0.25) is 0 Å². The van der Waals surface area contributed by atoms with Crippen molar-refractivity contribution in [2.75, 3.05) is 11.4 Å². The molecule has 0 aliphatic rings. The van der Waals surface area contributed by atoms with Gasteiger partial charge in [0.2, 0.25) is 0 Å². The van der Waals surface area contributed by atoms with Crippen LogP contribution in [0, 0.1) is 2.88 Å². The number of hydrogen-bond donors (Lipinski definition) is 0. The molecule has 0 amide bonds. The minimum Gasteiger partial charge on any atom is -0.349 e. The summed E-state index contributed by atoms with van der Waals surface area (Å²) in [6, 6.07) is 2.10. The standard InChI is InChI=1S/C12H11IN4S2/c1-2-17(6-10-14-3-4-18-10)12-11-8(15-7-16-12)5-9(13)19-11/h3-5,7H,2,6H2,1H3. The van der Waals surface area contributed by atoms with E-state index in [9.17, 15) is 0 Å². The van der Waals surface area contributed by atoms with E-state index in [2.05, 4.69) is 55.4 Å². The smallest absolute Gasteiger partial charge is 0.150 e. The summed E-state index contributed by atoms with van der Waals surface area (Å²) in [6.07, 6.45) is 3.49. The molecule has 0 radical (unpaired) electrons. The molecule has 0 saturated carbocycles. The van der Waals surface area contributed by atoms with Crippen LogP contribution in [0.3, 0.4) is 0 Å². The Labute approximate surface area is 132 Å². The summed E-state index contributed by atoms with van der Waals surface area (Å²) in [5, 5.41) is 3.12. The lowest BCUT2D eigenvalue weighted by Gasteiger charge is -2.20. The summed E-state index contributed by atoms with van der Waals surface area (Å²) in [5.74, 6) is 1.01. The van der Waals surface area contributed by atoms with Crippen LogP contribution in [0.15, 0.2) is 24.0 Å². The molecule has 3 heterocycles. The van der Waals surface area contributed by atoms with Crippen molar-refractivity contribution in [3.8, 4) is 0 Å². The van der Waals surface area contributed by atoms with E-state index in [1.807, 2.05) is 11.6 Å². The molecule has 0 saturated heterocycles. The highest BCUT2D eigenvalue weighted by atomic mass is 127. The number of rotatable bonds is 4. The number of fused-ring (bicyclic) bond motifs is 1. The molecule has 7 heteroatoms. The topological polar surface area (TPSA) is 41.9 Å². The number of nitrogens with zero attached hydrogens (tertiary/aromatic N) is 4. The Morgan fingerprint density at radius 1 is 1.32 bits per heavy atom. The predicted molar refractivity (Wildman–Crippen MR) is 89.0 cm³/mol. The lowest BCUT2D eigenvalue weighted by molar-refractivity contribution is 0.811. The van der Waals surface area contributed by atoms with Crippen LogP contribution < -0.4 is 4.90 Å². The van der Waals surface area contributed by atoms with Crippen molar-refractivity contribution in [2.45, 2.75) is 13.5 Å². The van der Waals surface area contributed by atoms with E-state index in [0.717, 1.165) is 34.1 Å². The van der Waals surface area contributed by atoms with Gasteiger partial charge in [-0.05, 0) is 35.6 Å². The Hall–Kier alpha value is -0.800. The summed E-state index contributed by atoms with van der Waals surface area (Å²) in [5.41, 5.74) is 1.02. The largest absolute Gasteiger partial charge is 0.349 e.